The number of benzene rings is 3. The zero-order chi connectivity index (χ0) is 20.1. The molecule has 0 bridgehead atoms. The summed E-state index contributed by atoms with van der Waals surface area (Å²) in [5, 5.41) is 5.30. The fourth-order valence-corrected chi connectivity index (χ4v) is 3.86. The third kappa shape index (κ3) is 4.94. The minimum Gasteiger partial charge on any atom is -0.497 e. The highest BCUT2D eigenvalue weighted by Crippen LogP contribution is 2.23. The van der Waals surface area contributed by atoms with Crippen LogP contribution in [0, 0.1) is 0 Å². The van der Waals surface area contributed by atoms with Gasteiger partial charge in [0.1, 0.15) is 5.75 Å². The summed E-state index contributed by atoms with van der Waals surface area (Å²) in [6.45, 7) is 5.04. The fraction of sp³-hybridized carbons (Fsp3) is 0.292. The van der Waals surface area contributed by atoms with E-state index in [9.17, 15) is 4.79 Å². The molecule has 150 valence electrons. The highest BCUT2D eigenvalue weighted by Gasteiger charge is 2.19. The van der Waals surface area contributed by atoms with Crippen LogP contribution in [0.2, 0.25) is 0 Å². The second-order valence-electron chi connectivity index (χ2n) is 7.48. The number of rotatable bonds is 6. The molecule has 1 fully saturated rings. The maximum absolute atomic E-state index is 12.6. The van der Waals surface area contributed by atoms with Gasteiger partial charge in [0.2, 0.25) is 5.91 Å². The number of fused-ring (bicyclic) bond motifs is 1. The van der Waals surface area contributed by atoms with Crippen LogP contribution in [-0.2, 0) is 11.3 Å². The predicted molar refractivity (Wildman–Crippen MR) is 117 cm³/mol. The van der Waals surface area contributed by atoms with Crippen LogP contribution in [-0.4, -0.2) is 55.5 Å². The number of amides is 1. The Labute approximate surface area is 171 Å². The molecule has 0 atom stereocenters. The second-order valence-corrected chi connectivity index (χ2v) is 7.48. The monoisotopic (exact) mass is 389 g/mol. The number of methoxy groups -OCH3 is 1. The van der Waals surface area contributed by atoms with Crippen molar-refractivity contribution in [3.8, 4) is 5.75 Å². The Balaban J connectivity index is 1.28. The Morgan fingerprint density at radius 1 is 0.931 bits per heavy atom. The van der Waals surface area contributed by atoms with E-state index in [0.29, 0.717) is 6.54 Å². The number of anilines is 1. The van der Waals surface area contributed by atoms with Crippen molar-refractivity contribution in [3.63, 3.8) is 0 Å². The lowest BCUT2D eigenvalue weighted by atomic mass is 10.1. The van der Waals surface area contributed by atoms with Crippen LogP contribution in [0.5, 0.6) is 5.75 Å². The van der Waals surface area contributed by atoms with Crippen molar-refractivity contribution in [2.24, 2.45) is 0 Å². The largest absolute Gasteiger partial charge is 0.497 e. The lowest BCUT2D eigenvalue weighted by Crippen LogP contribution is -2.48. The van der Waals surface area contributed by atoms with Gasteiger partial charge in [-0.1, -0.05) is 48.5 Å². The summed E-state index contributed by atoms with van der Waals surface area (Å²) >= 11 is 0. The zero-order valence-electron chi connectivity index (χ0n) is 16.8. The van der Waals surface area contributed by atoms with Crippen molar-refractivity contribution in [2.45, 2.75) is 6.54 Å². The summed E-state index contributed by atoms with van der Waals surface area (Å²) in [4.78, 5) is 17.2. The normalized spacial score (nSPS) is 15.3. The smallest absolute Gasteiger partial charge is 0.238 e. The molecule has 3 aromatic carbocycles. The Morgan fingerprint density at radius 3 is 2.48 bits per heavy atom. The molecule has 0 spiro atoms. The van der Waals surface area contributed by atoms with E-state index in [1.165, 1.54) is 5.56 Å². The lowest BCUT2D eigenvalue weighted by molar-refractivity contribution is -0.117. The molecule has 1 aliphatic rings. The van der Waals surface area contributed by atoms with E-state index >= 15 is 0 Å². The maximum Gasteiger partial charge on any atom is 0.238 e. The molecule has 0 saturated carbocycles. The molecule has 4 rings (SSSR count). The van der Waals surface area contributed by atoms with Crippen molar-refractivity contribution < 1.29 is 9.53 Å². The van der Waals surface area contributed by atoms with Crippen LogP contribution in [0.4, 0.5) is 5.69 Å². The first-order chi connectivity index (χ1) is 14.2. The molecule has 1 heterocycles. The van der Waals surface area contributed by atoms with E-state index in [-0.39, 0.29) is 5.91 Å². The van der Waals surface area contributed by atoms with E-state index < -0.39 is 0 Å². The Bertz CT molecular complexity index is 975. The van der Waals surface area contributed by atoms with Crippen molar-refractivity contribution in [2.75, 3.05) is 45.2 Å². The first-order valence-corrected chi connectivity index (χ1v) is 10.1. The van der Waals surface area contributed by atoms with Gasteiger partial charge in [0.05, 0.1) is 13.7 Å². The molecule has 0 unspecified atom stereocenters. The quantitative estimate of drug-likeness (QED) is 0.700. The highest BCUT2D eigenvalue weighted by atomic mass is 16.5. The van der Waals surface area contributed by atoms with Crippen molar-refractivity contribution >= 4 is 22.4 Å². The molecule has 0 radical (unpaired) electrons. The van der Waals surface area contributed by atoms with Crippen LogP contribution in [0.3, 0.4) is 0 Å². The molecule has 5 heteroatoms. The molecule has 1 N–H and O–H groups in total. The molecule has 5 nitrogen and oxygen atoms in total. The van der Waals surface area contributed by atoms with Crippen LogP contribution >= 0.6 is 0 Å². The first-order valence-electron chi connectivity index (χ1n) is 10.1. The van der Waals surface area contributed by atoms with Gasteiger partial charge in [0.15, 0.2) is 0 Å². The number of piperazine rings is 1. The number of nitrogens with one attached hydrogen (secondary N) is 1. The molecular formula is C24H27N3O2. The second kappa shape index (κ2) is 9.07. The van der Waals surface area contributed by atoms with Gasteiger partial charge in [0.25, 0.3) is 0 Å². The standard InChI is InChI=1S/C24H27N3O2/c1-29-21-9-4-6-19(16-21)17-26-12-14-27(15-13-26)18-24(28)25-23-11-5-8-20-7-2-3-10-22(20)23/h2-11,16H,12-15,17-18H2,1H3,(H,25,28). The third-order valence-corrected chi connectivity index (χ3v) is 5.44. The molecule has 0 aromatic heterocycles. The van der Waals surface area contributed by atoms with Crippen LogP contribution in [0.15, 0.2) is 66.7 Å². The SMILES string of the molecule is COc1cccc(CN2CCN(CC(=O)Nc3cccc4ccccc34)CC2)c1. The average Bonchev–Trinajstić information content (AvgIpc) is 2.75. The summed E-state index contributed by atoms with van der Waals surface area (Å²) in [5.41, 5.74) is 2.14. The number of nitrogens with zero attached hydrogens (tertiary/aromatic N) is 2. The number of carbonyl (C=O) groups is 1. The number of hydrogen-bond acceptors (Lipinski definition) is 4. The Morgan fingerprint density at radius 2 is 1.66 bits per heavy atom. The molecule has 1 aliphatic heterocycles. The Kier molecular flexibility index (Phi) is 6.08. The lowest BCUT2D eigenvalue weighted by Gasteiger charge is -2.34. The number of carbonyl (C=O) groups excluding carboxylic acids is 1. The van der Waals surface area contributed by atoms with Crippen molar-refractivity contribution in [1.82, 2.24) is 9.80 Å². The topological polar surface area (TPSA) is 44.8 Å². The molecular weight excluding hydrogens is 362 g/mol. The zero-order valence-corrected chi connectivity index (χ0v) is 16.8. The predicted octanol–water partition coefficient (Wildman–Crippen LogP) is 3.60. The minimum atomic E-state index is 0.0441. The van der Waals surface area contributed by atoms with Gasteiger partial charge in [-0.2, -0.15) is 0 Å². The number of hydrogen-bond donors (Lipinski definition) is 1. The average molecular weight is 389 g/mol. The van der Waals surface area contributed by atoms with E-state index in [2.05, 4.69) is 39.4 Å². The molecule has 0 aliphatic carbocycles. The van der Waals surface area contributed by atoms with Gasteiger partial charge in [-0.05, 0) is 29.1 Å². The number of ether oxygens (including phenoxy) is 1. The van der Waals surface area contributed by atoms with E-state index in [0.717, 1.165) is 54.9 Å². The highest BCUT2D eigenvalue weighted by molar-refractivity contribution is 6.02. The molecule has 1 amide bonds. The van der Waals surface area contributed by atoms with Gasteiger partial charge in [-0.15, -0.1) is 0 Å². The van der Waals surface area contributed by atoms with Gasteiger partial charge < -0.3 is 10.1 Å². The van der Waals surface area contributed by atoms with E-state index in [1.807, 2.05) is 42.5 Å². The van der Waals surface area contributed by atoms with Crippen molar-refractivity contribution in [1.29, 1.82) is 0 Å². The van der Waals surface area contributed by atoms with Gasteiger partial charge in [0, 0.05) is 43.8 Å². The molecule has 29 heavy (non-hydrogen) atoms. The molecule has 3 aromatic rings. The van der Waals surface area contributed by atoms with Crippen LogP contribution in [0.25, 0.3) is 10.8 Å². The van der Waals surface area contributed by atoms with E-state index in [1.54, 1.807) is 7.11 Å². The first kappa shape index (κ1) is 19.4. The van der Waals surface area contributed by atoms with Crippen LogP contribution < -0.4 is 10.1 Å². The van der Waals surface area contributed by atoms with Crippen LogP contribution in [0.1, 0.15) is 5.56 Å². The summed E-state index contributed by atoms with van der Waals surface area (Å²) < 4.78 is 5.31. The third-order valence-electron chi connectivity index (χ3n) is 5.44. The maximum atomic E-state index is 12.6. The summed E-state index contributed by atoms with van der Waals surface area (Å²) in [6, 6.07) is 22.3. The van der Waals surface area contributed by atoms with E-state index in [4.69, 9.17) is 4.74 Å². The molecule has 1 saturated heterocycles. The Hall–Kier alpha value is -2.89. The summed E-state index contributed by atoms with van der Waals surface area (Å²) in [5.74, 6) is 0.939. The van der Waals surface area contributed by atoms with Crippen molar-refractivity contribution in [3.05, 3.63) is 72.3 Å². The van der Waals surface area contributed by atoms with Gasteiger partial charge in [-0.25, -0.2) is 0 Å². The summed E-state index contributed by atoms with van der Waals surface area (Å²) in [7, 11) is 1.70. The van der Waals surface area contributed by atoms with Gasteiger partial charge in [-0.3, -0.25) is 14.6 Å². The van der Waals surface area contributed by atoms with Gasteiger partial charge >= 0.3 is 0 Å². The minimum absolute atomic E-state index is 0.0441. The summed E-state index contributed by atoms with van der Waals surface area (Å²) in [6.07, 6.45) is 0. The fourth-order valence-electron chi connectivity index (χ4n) is 3.86.